The summed E-state index contributed by atoms with van der Waals surface area (Å²) in [4.78, 5) is 13.0. The van der Waals surface area contributed by atoms with Crippen molar-refractivity contribution in [3.05, 3.63) is 30.5 Å². The smallest absolute Gasteiger partial charge is 0.223 e. The van der Waals surface area contributed by atoms with Crippen molar-refractivity contribution in [1.29, 1.82) is 0 Å². The van der Waals surface area contributed by atoms with Crippen LogP contribution in [0.15, 0.2) is 30.5 Å². The Bertz CT molecular complexity index is 758. The van der Waals surface area contributed by atoms with Crippen molar-refractivity contribution in [1.82, 2.24) is 15.0 Å². The van der Waals surface area contributed by atoms with Crippen LogP contribution in [-0.2, 0) is 4.74 Å². The number of nitrogen functional groups attached to an aromatic ring is 1. The van der Waals surface area contributed by atoms with Gasteiger partial charge in [0.25, 0.3) is 0 Å². The lowest BCUT2D eigenvalue weighted by Gasteiger charge is -2.06. The predicted octanol–water partition coefficient (Wildman–Crippen LogP) is 2.39. The number of fused-ring (bicyclic) bond motifs is 1. The second kappa shape index (κ2) is 6.02. The largest absolute Gasteiger partial charge is 0.383 e. The normalized spacial score (nSPS) is 10.9. The third kappa shape index (κ3) is 3.09. The van der Waals surface area contributed by atoms with Crippen LogP contribution in [-0.4, -0.2) is 35.2 Å². The highest BCUT2D eigenvalue weighted by Crippen LogP contribution is 2.28. The molecule has 0 fully saturated rings. The summed E-state index contributed by atoms with van der Waals surface area (Å²) in [7, 11) is 1.66. The van der Waals surface area contributed by atoms with E-state index < -0.39 is 0 Å². The molecule has 3 rings (SSSR count). The standard InChI is InChI=1S/C14H15N5OS/c1-20-7-6-17-14-16-5-4-10(19-14)9-2-3-11-12(8-9)21-13(15)18-11/h2-5,8H,6-7H2,1H3,(H2,15,18)(H,16,17,19). The van der Waals surface area contributed by atoms with Gasteiger partial charge in [-0.2, -0.15) is 0 Å². The first-order chi connectivity index (χ1) is 10.3. The van der Waals surface area contributed by atoms with Crippen LogP contribution in [0.1, 0.15) is 0 Å². The molecule has 3 aromatic rings. The highest BCUT2D eigenvalue weighted by molar-refractivity contribution is 7.22. The lowest BCUT2D eigenvalue weighted by Crippen LogP contribution is -2.10. The summed E-state index contributed by atoms with van der Waals surface area (Å²) >= 11 is 1.47. The van der Waals surface area contributed by atoms with Crippen LogP contribution < -0.4 is 11.1 Å². The Hall–Kier alpha value is -2.25. The molecule has 0 amide bonds. The molecule has 0 aliphatic carbocycles. The van der Waals surface area contributed by atoms with Crippen LogP contribution >= 0.6 is 11.3 Å². The lowest BCUT2D eigenvalue weighted by molar-refractivity contribution is 0.210. The number of nitrogens with one attached hydrogen (secondary N) is 1. The number of aromatic nitrogens is 3. The van der Waals surface area contributed by atoms with Gasteiger partial charge in [0.1, 0.15) is 0 Å². The fourth-order valence-electron chi connectivity index (χ4n) is 1.97. The topological polar surface area (TPSA) is 86.0 Å². The molecule has 0 unspecified atom stereocenters. The average molecular weight is 301 g/mol. The van der Waals surface area contributed by atoms with Crippen molar-refractivity contribution >= 4 is 32.6 Å². The number of rotatable bonds is 5. The van der Waals surface area contributed by atoms with Gasteiger partial charge in [-0.3, -0.25) is 0 Å². The van der Waals surface area contributed by atoms with Crippen LogP contribution in [0, 0.1) is 0 Å². The first kappa shape index (κ1) is 13.7. The van der Waals surface area contributed by atoms with Crippen LogP contribution in [0.3, 0.4) is 0 Å². The Morgan fingerprint density at radius 2 is 2.19 bits per heavy atom. The third-order valence-electron chi connectivity index (χ3n) is 2.95. The third-order valence-corrected chi connectivity index (χ3v) is 3.79. The number of nitrogens with two attached hydrogens (primary N) is 1. The van der Waals surface area contributed by atoms with Crippen LogP contribution in [0.4, 0.5) is 11.1 Å². The number of ether oxygens (including phenoxy) is 1. The summed E-state index contributed by atoms with van der Waals surface area (Å²) in [5, 5.41) is 3.70. The molecule has 108 valence electrons. The molecule has 1 aromatic carbocycles. The van der Waals surface area contributed by atoms with E-state index in [1.807, 2.05) is 24.3 Å². The molecular formula is C14H15N5OS. The number of methoxy groups -OCH3 is 1. The van der Waals surface area contributed by atoms with Gasteiger partial charge in [0, 0.05) is 25.4 Å². The summed E-state index contributed by atoms with van der Waals surface area (Å²) < 4.78 is 6.05. The van der Waals surface area contributed by atoms with Crippen LogP contribution in [0.2, 0.25) is 0 Å². The quantitative estimate of drug-likeness (QED) is 0.704. The Labute approximate surface area is 126 Å². The van der Waals surface area contributed by atoms with Crippen LogP contribution in [0.5, 0.6) is 0 Å². The van der Waals surface area contributed by atoms with E-state index in [-0.39, 0.29) is 0 Å². The summed E-state index contributed by atoms with van der Waals surface area (Å²) in [5.74, 6) is 0.591. The number of hydrogen-bond donors (Lipinski definition) is 2. The highest BCUT2D eigenvalue weighted by atomic mass is 32.1. The Kier molecular flexibility index (Phi) is 3.94. The maximum Gasteiger partial charge on any atom is 0.223 e. The van der Waals surface area contributed by atoms with Crippen molar-refractivity contribution in [3.8, 4) is 11.3 Å². The number of hydrogen-bond acceptors (Lipinski definition) is 7. The van der Waals surface area contributed by atoms with Gasteiger partial charge in [0.2, 0.25) is 5.95 Å². The van der Waals surface area contributed by atoms with Gasteiger partial charge in [-0.15, -0.1) is 0 Å². The molecule has 0 spiro atoms. The molecule has 21 heavy (non-hydrogen) atoms. The molecular weight excluding hydrogens is 286 g/mol. The van der Waals surface area contributed by atoms with Gasteiger partial charge in [-0.1, -0.05) is 17.4 Å². The van der Waals surface area contributed by atoms with E-state index in [1.165, 1.54) is 11.3 Å². The Morgan fingerprint density at radius 3 is 3.05 bits per heavy atom. The van der Waals surface area contributed by atoms with Crippen LogP contribution in [0.25, 0.3) is 21.5 Å². The van der Waals surface area contributed by atoms with E-state index in [0.717, 1.165) is 21.5 Å². The van der Waals surface area contributed by atoms with Gasteiger partial charge in [0.05, 0.1) is 22.5 Å². The van der Waals surface area contributed by atoms with Crippen molar-refractivity contribution in [3.63, 3.8) is 0 Å². The van der Waals surface area contributed by atoms with E-state index in [9.17, 15) is 0 Å². The minimum Gasteiger partial charge on any atom is -0.383 e. The van der Waals surface area contributed by atoms with Crippen molar-refractivity contribution in [2.24, 2.45) is 0 Å². The molecule has 0 saturated carbocycles. The van der Waals surface area contributed by atoms with Gasteiger partial charge < -0.3 is 15.8 Å². The summed E-state index contributed by atoms with van der Waals surface area (Å²) in [5.41, 5.74) is 8.52. The molecule has 3 N–H and O–H groups in total. The maximum absolute atomic E-state index is 5.73. The maximum atomic E-state index is 5.73. The fourth-order valence-corrected chi connectivity index (χ4v) is 2.74. The van der Waals surface area contributed by atoms with Gasteiger partial charge in [-0.05, 0) is 18.2 Å². The number of thiazole rings is 1. The molecule has 2 aromatic heterocycles. The first-order valence-corrected chi connectivity index (χ1v) is 7.30. The van der Waals surface area contributed by atoms with E-state index in [0.29, 0.717) is 24.2 Å². The first-order valence-electron chi connectivity index (χ1n) is 6.48. The summed E-state index contributed by atoms with van der Waals surface area (Å²) in [6, 6.07) is 7.87. The molecule has 0 saturated heterocycles. The van der Waals surface area contributed by atoms with Gasteiger partial charge >= 0.3 is 0 Å². The van der Waals surface area contributed by atoms with E-state index in [2.05, 4.69) is 20.3 Å². The average Bonchev–Trinajstić information content (AvgIpc) is 2.87. The highest BCUT2D eigenvalue weighted by Gasteiger charge is 2.06. The zero-order valence-electron chi connectivity index (χ0n) is 11.5. The summed E-state index contributed by atoms with van der Waals surface area (Å²) in [6.45, 7) is 1.28. The summed E-state index contributed by atoms with van der Waals surface area (Å²) in [6.07, 6.45) is 1.74. The lowest BCUT2D eigenvalue weighted by atomic mass is 10.1. The zero-order valence-corrected chi connectivity index (χ0v) is 12.4. The zero-order chi connectivity index (χ0) is 14.7. The Balaban J connectivity index is 1.88. The monoisotopic (exact) mass is 301 g/mol. The molecule has 2 heterocycles. The molecule has 0 aliphatic rings. The second-order valence-corrected chi connectivity index (χ2v) is 5.48. The molecule has 0 bridgehead atoms. The molecule has 0 radical (unpaired) electrons. The van der Waals surface area contributed by atoms with Crippen molar-refractivity contribution in [2.75, 3.05) is 31.3 Å². The van der Waals surface area contributed by atoms with Crippen molar-refractivity contribution in [2.45, 2.75) is 0 Å². The van der Waals surface area contributed by atoms with Gasteiger partial charge in [0.15, 0.2) is 5.13 Å². The number of nitrogens with zero attached hydrogens (tertiary/aromatic N) is 3. The predicted molar refractivity (Wildman–Crippen MR) is 85.4 cm³/mol. The molecule has 6 nitrogen and oxygen atoms in total. The number of anilines is 2. The van der Waals surface area contributed by atoms with E-state index >= 15 is 0 Å². The van der Waals surface area contributed by atoms with Crippen molar-refractivity contribution < 1.29 is 4.74 Å². The second-order valence-electron chi connectivity index (χ2n) is 4.42. The van der Waals surface area contributed by atoms with Gasteiger partial charge in [-0.25, -0.2) is 15.0 Å². The minimum absolute atomic E-state index is 0.576. The fraction of sp³-hybridized carbons (Fsp3) is 0.214. The number of benzene rings is 1. The van der Waals surface area contributed by atoms with E-state index in [1.54, 1.807) is 13.3 Å². The molecule has 7 heteroatoms. The minimum atomic E-state index is 0.576. The SMILES string of the molecule is COCCNc1nccc(-c2ccc3nc(N)sc3c2)n1. The van der Waals surface area contributed by atoms with E-state index in [4.69, 9.17) is 10.5 Å². The molecule has 0 atom stereocenters. The molecule has 0 aliphatic heterocycles. The Morgan fingerprint density at radius 1 is 1.29 bits per heavy atom.